The van der Waals surface area contributed by atoms with Crippen LogP contribution in [0, 0.1) is 0 Å². The van der Waals surface area contributed by atoms with E-state index in [0.29, 0.717) is 9.52 Å². The summed E-state index contributed by atoms with van der Waals surface area (Å²) >= 11 is 0. The molecule has 0 aliphatic carbocycles. The Kier molecular flexibility index (Phi) is 7.11. The lowest BCUT2D eigenvalue weighted by molar-refractivity contribution is 1.64. The van der Waals surface area contributed by atoms with Gasteiger partial charge < -0.3 is 0 Å². The zero-order chi connectivity index (χ0) is 33.7. The molecule has 0 atom stereocenters. The first-order valence-electron chi connectivity index (χ1n) is 17.6. The summed E-state index contributed by atoms with van der Waals surface area (Å²) in [4.78, 5) is 0. The topological polar surface area (TPSA) is 0 Å². The fourth-order valence-corrected chi connectivity index (χ4v) is 9.20. The van der Waals surface area contributed by atoms with Crippen LogP contribution in [0.4, 0.5) is 0 Å². The van der Waals surface area contributed by atoms with Gasteiger partial charge in [0.1, 0.15) is 9.52 Å². The van der Waals surface area contributed by atoms with Gasteiger partial charge in [0.15, 0.2) is 0 Å². The summed E-state index contributed by atoms with van der Waals surface area (Å²) < 4.78 is 0. The number of benzene rings is 10. The average molecular weight is 661 g/mol. The van der Waals surface area contributed by atoms with Gasteiger partial charge >= 0.3 is 0 Å². The molecule has 1 heteroatoms. The molecule has 10 aromatic carbocycles. The van der Waals surface area contributed by atoms with Gasteiger partial charge in [0.25, 0.3) is 0 Å². The molecule has 0 amide bonds. The lowest BCUT2D eigenvalue weighted by Gasteiger charge is -2.20. The van der Waals surface area contributed by atoms with E-state index in [2.05, 4.69) is 194 Å². The molecule has 0 saturated carbocycles. The molecular formula is C50H32Si. The Morgan fingerprint density at radius 2 is 0.843 bits per heavy atom. The summed E-state index contributed by atoms with van der Waals surface area (Å²) in [6.07, 6.45) is 0. The van der Waals surface area contributed by atoms with Crippen LogP contribution in [0.15, 0.2) is 194 Å². The van der Waals surface area contributed by atoms with Gasteiger partial charge in [0.2, 0.25) is 0 Å². The number of hydrogen-bond donors (Lipinski definition) is 0. The van der Waals surface area contributed by atoms with Crippen LogP contribution in [0.2, 0.25) is 0 Å². The van der Waals surface area contributed by atoms with Crippen molar-refractivity contribution < 1.29 is 0 Å². The highest BCUT2D eigenvalue weighted by atomic mass is 28.2. The molecule has 0 saturated heterocycles. The van der Waals surface area contributed by atoms with Crippen molar-refractivity contribution in [2.45, 2.75) is 0 Å². The van der Waals surface area contributed by atoms with Crippen LogP contribution in [-0.2, 0) is 0 Å². The van der Waals surface area contributed by atoms with Crippen molar-refractivity contribution in [3.8, 4) is 33.4 Å². The summed E-state index contributed by atoms with van der Waals surface area (Å²) in [7, 11) is 0.577. The highest BCUT2D eigenvalue weighted by Gasteiger charge is 2.19. The average Bonchev–Trinajstić information content (AvgIpc) is 3.20. The van der Waals surface area contributed by atoms with Crippen molar-refractivity contribution in [3.05, 3.63) is 194 Å². The van der Waals surface area contributed by atoms with Gasteiger partial charge in [-0.2, -0.15) is 0 Å². The second-order valence-corrected chi connectivity index (χ2v) is 14.8. The molecule has 10 rings (SSSR count). The molecular weight excluding hydrogens is 629 g/mol. The second kappa shape index (κ2) is 12.2. The molecule has 0 fully saturated rings. The Hall–Kier alpha value is -6.28. The van der Waals surface area contributed by atoms with Crippen LogP contribution in [0.3, 0.4) is 0 Å². The largest absolute Gasteiger partial charge is 0.121 e. The van der Waals surface area contributed by atoms with Crippen molar-refractivity contribution in [2.24, 2.45) is 0 Å². The van der Waals surface area contributed by atoms with Gasteiger partial charge in [-0.3, -0.25) is 0 Å². The summed E-state index contributed by atoms with van der Waals surface area (Å²) in [5.74, 6) is 0. The minimum atomic E-state index is 0.577. The van der Waals surface area contributed by atoms with Gasteiger partial charge in [-0.1, -0.05) is 192 Å². The van der Waals surface area contributed by atoms with Crippen molar-refractivity contribution in [1.82, 2.24) is 0 Å². The molecule has 0 aliphatic heterocycles. The zero-order valence-corrected chi connectivity index (χ0v) is 29.0. The highest BCUT2D eigenvalue weighted by molar-refractivity contribution is 6.67. The van der Waals surface area contributed by atoms with Gasteiger partial charge in [0, 0.05) is 0 Å². The normalized spacial score (nSPS) is 11.6. The van der Waals surface area contributed by atoms with E-state index in [1.165, 1.54) is 97.6 Å². The maximum absolute atomic E-state index is 2.47. The van der Waals surface area contributed by atoms with E-state index in [-0.39, 0.29) is 0 Å². The lowest BCUT2D eigenvalue weighted by Crippen LogP contribution is -2.26. The van der Waals surface area contributed by atoms with E-state index in [0.717, 1.165) is 0 Å². The third-order valence-electron chi connectivity index (χ3n) is 10.4. The fourth-order valence-electron chi connectivity index (χ4n) is 8.12. The van der Waals surface area contributed by atoms with E-state index in [9.17, 15) is 0 Å². The van der Waals surface area contributed by atoms with E-state index < -0.39 is 0 Å². The van der Waals surface area contributed by atoms with Crippen LogP contribution in [0.5, 0.6) is 0 Å². The molecule has 0 N–H and O–H groups in total. The fraction of sp³-hybridized carbons (Fsp3) is 0. The van der Waals surface area contributed by atoms with Gasteiger partial charge in [-0.05, 0) is 99.4 Å². The summed E-state index contributed by atoms with van der Waals surface area (Å²) in [5.41, 5.74) is 7.58. The van der Waals surface area contributed by atoms with Gasteiger partial charge in [0.05, 0.1) is 0 Å². The first kappa shape index (κ1) is 29.6. The molecule has 0 nitrogen and oxygen atoms in total. The number of rotatable bonds is 5. The second-order valence-electron chi connectivity index (χ2n) is 13.3. The summed E-state index contributed by atoms with van der Waals surface area (Å²) in [6, 6.07) is 71.8. The molecule has 0 bridgehead atoms. The van der Waals surface area contributed by atoms with E-state index in [4.69, 9.17) is 0 Å². The van der Waals surface area contributed by atoms with Crippen molar-refractivity contribution in [3.63, 3.8) is 0 Å². The maximum Gasteiger partial charge on any atom is 0.121 e. The molecule has 2 radical (unpaired) electrons. The van der Waals surface area contributed by atoms with E-state index >= 15 is 0 Å². The SMILES string of the molecule is c1ccc([Si]c2ccc3c(-c4cccc(-c5cc6ccccc6c6ccccc56)c4)c4ccccc4c(-c4cccc5ccccc45)c3c2)cc1. The Labute approximate surface area is 300 Å². The standard InChI is InChI=1S/C50H32Si/c1-2-19-37(20-3-1)51-38-28-29-46-48(32-38)50(43-27-13-16-33-14-4-6-21-39(33)43)45-26-11-10-25-44(45)49(46)36-18-12-17-34(30-36)47-31-35-15-5-7-22-40(35)41-23-8-9-24-42(41)47/h1-32H. The van der Waals surface area contributed by atoms with Crippen LogP contribution < -0.4 is 10.4 Å². The van der Waals surface area contributed by atoms with E-state index in [1.54, 1.807) is 0 Å². The lowest BCUT2D eigenvalue weighted by atomic mass is 9.84. The minimum Gasteiger partial charge on any atom is -0.0631 e. The Balaban J connectivity index is 1.27. The van der Waals surface area contributed by atoms with Crippen LogP contribution >= 0.6 is 0 Å². The third kappa shape index (κ3) is 5.05. The molecule has 10 aromatic rings. The Morgan fingerprint density at radius 1 is 0.255 bits per heavy atom. The monoisotopic (exact) mass is 660 g/mol. The van der Waals surface area contributed by atoms with Crippen LogP contribution in [0.25, 0.3) is 87.2 Å². The predicted octanol–water partition coefficient (Wildman–Crippen LogP) is 12.1. The van der Waals surface area contributed by atoms with Crippen molar-refractivity contribution in [1.29, 1.82) is 0 Å². The Morgan fingerprint density at radius 3 is 1.67 bits per heavy atom. The predicted molar refractivity (Wildman–Crippen MR) is 222 cm³/mol. The molecule has 0 unspecified atom stereocenters. The third-order valence-corrected chi connectivity index (χ3v) is 11.6. The first-order valence-corrected chi connectivity index (χ1v) is 18.6. The van der Waals surface area contributed by atoms with Crippen molar-refractivity contribution in [2.75, 3.05) is 0 Å². The van der Waals surface area contributed by atoms with Crippen molar-refractivity contribution >= 4 is 73.8 Å². The quantitative estimate of drug-likeness (QED) is 0.0979. The van der Waals surface area contributed by atoms with E-state index in [1.807, 2.05) is 0 Å². The smallest absolute Gasteiger partial charge is 0.0631 e. The first-order chi connectivity index (χ1) is 25.3. The summed E-state index contributed by atoms with van der Waals surface area (Å²) in [5, 5.41) is 15.5. The minimum absolute atomic E-state index is 0.577. The molecule has 0 spiro atoms. The van der Waals surface area contributed by atoms with Gasteiger partial charge in [-0.25, -0.2) is 0 Å². The number of hydrogen-bond acceptors (Lipinski definition) is 0. The summed E-state index contributed by atoms with van der Waals surface area (Å²) in [6.45, 7) is 0. The molecule has 236 valence electrons. The Bertz CT molecular complexity index is 2930. The molecule has 51 heavy (non-hydrogen) atoms. The van der Waals surface area contributed by atoms with Crippen LogP contribution in [-0.4, -0.2) is 9.52 Å². The van der Waals surface area contributed by atoms with Crippen LogP contribution in [0.1, 0.15) is 0 Å². The maximum atomic E-state index is 2.47. The number of fused-ring (bicyclic) bond motifs is 6. The molecule has 0 aliphatic rings. The zero-order valence-electron chi connectivity index (χ0n) is 28.0. The highest BCUT2D eigenvalue weighted by Crippen LogP contribution is 2.46. The molecule has 0 aromatic heterocycles. The molecule has 0 heterocycles. The van der Waals surface area contributed by atoms with Gasteiger partial charge in [-0.15, -0.1) is 0 Å².